The molecule has 0 aliphatic carbocycles. The zero-order chi connectivity index (χ0) is 13.4. The van der Waals surface area contributed by atoms with Gasteiger partial charge in [0.2, 0.25) is 0 Å². The van der Waals surface area contributed by atoms with Crippen LogP contribution >= 0.6 is 27.7 Å². The summed E-state index contributed by atoms with van der Waals surface area (Å²) in [7, 11) is 1.41. The fourth-order valence-corrected chi connectivity index (χ4v) is 2.70. The second kappa shape index (κ2) is 8.56. The smallest absolute Gasteiger partial charge is 0.315 e. The highest BCUT2D eigenvalue weighted by Gasteiger charge is 2.07. The zero-order valence-electron chi connectivity index (χ0n) is 10.7. The van der Waals surface area contributed by atoms with Gasteiger partial charge in [0.1, 0.15) is 0 Å². The molecular formula is C13H18BrNO2S. The van der Waals surface area contributed by atoms with Crippen molar-refractivity contribution in [3.05, 3.63) is 28.2 Å². The van der Waals surface area contributed by atoms with E-state index < -0.39 is 0 Å². The molecule has 18 heavy (non-hydrogen) atoms. The van der Waals surface area contributed by atoms with E-state index in [-0.39, 0.29) is 5.97 Å². The van der Waals surface area contributed by atoms with Crippen LogP contribution in [0.25, 0.3) is 0 Å². The predicted octanol–water partition coefficient (Wildman–Crippen LogP) is 3.21. The van der Waals surface area contributed by atoms with Gasteiger partial charge in [0.25, 0.3) is 0 Å². The zero-order valence-corrected chi connectivity index (χ0v) is 13.1. The van der Waals surface area contributed by atoms with Crippen LogP contribution in [-0.4, -0.2) is 25.4 Å². The normalized spacial score (nSPS) is 10.4. The van der Waals surface area contributed by atoms with Crippen LogP contribution in [0.15, 0.2) is 27.6 Å². The average molecular weight is 332 g/mol. The molecule has 0 aromatic heterocycles. The lowest BCUT2D eigenvalue weighted by Crippen LogP contribution is -2.14. The highest BCUT2D eigenvalue weighted by Crippen LogP contribution is 2.26. The molecule has 0 amide bonds. The molecule has 0 aliphatic rings. The van der Waals surface area contributed by atoms with Gasteiger partial charge in [-0.05, 0) is 36.7 Å². The van der Waals surface area contributed by atoms with Crippen molar-refractivity contribution in [3.63, 3.8) is 0 Å². The predicted molar refractivity (Wildman–Crippen MR) is 78.9 cm³/mol. The van der Waals surface area contributed by atoms with Gasteiger partial charge in [-0.25, -0.2) is 0 Å². The van der Waals surface area contributed by atoms with Crippen molar-refractivity contribution in [2.24, 2.45) is 0 Å². The average Bonchev–Trinajstić information content (AvgIpc) is 2.37. The Morgan fingerprint density at radius 3 is 2.94 bits per heavy atom. The number of rotatable bonds is 7. The molecule has 0 bridgehead atoms. The topological polar surface area (TPSA) is 38.3 Å². The van der Waals surface area contributed by atoms with Crippen LogP contribution in [0.1, 0.15) is 18.9 Å². The summed E-state index contributed by atoms with van der Waals surface area (Å²) in [5.74, 6) is 0.147. The molecule has 100 valence electrons. The van der Waals surface area contributed by atoms with Crippen LogP contribution in [0.3, 0.4) is 0 Å². The second-order valence-electron chi connectivity index (χ2n) is 3.79. The van der Waals surface area contributed by atoms with Gasteiger partial charge in [-0.2, -0.15) is 0 Å². The Hall–Kier alpha value is -0.520. The van der Waals surface area contributed by atoms with Crippen molar-refractivity contribution in [1.82, 2.24) is 5.32 Å². The molecule has 0 atom stereocenters. The Bertz CT molecular complexity index is 399. The molecule has 1 N–H and O–H groups in total. The van der Waals surface area contributed by atoms with E-state index in [0.717, 1.165) is 28.9 Å². The molecule has 0 saturated carbocycles. The molecule has 1 aromatic carbocycles. The SMILES string of the molecule is CCCNCc1cc(Br)ccc1SCC(=O)OC. The second-order valence-corrected chi connectivity index (χ2v) is 5.73. The Morgan fingerprint density at radius 2 is 2.28 bits per heavy atom. The van der Waals surface area contributed by atoms with Gasteiger partial charge in [-0.15, -0.1) is 11.8 Å². The number of carbonyl (C=O) groups excluding carboxylic acids is 1. The highest BCUT2D eigenvalue weighted by atomic mass is 79.9. The van der Waals surface area contributed by atoms with Gasteiger partial charge in [-0.3, -0.25) is 4.79 Å². The van der Waals surface area contributed by atoms with E-state index in [2.05, 4.69) is 39.0 Å². The number of halogens is 1. The summed E-state index contributed by atoms with van der Waals surface area (Å²) < 4.78 is 5.70. The summed E-state index contributed by atoms with van der Waals surface area (Å²) in [5.41, 5.74) is 1.20. The summed E-state index contributed by atoms with van der Waals surface area (Å²) >= 11 is 4.98. The maximum Gasteiger partial charge on any atom is 0.315 e. The van der Waals surface area contributed by atoms with E-state index in [1.165, 1.54) is 24.4 Å². The first-order valence-electron chi connectivity index (χ1n) is 5.86. The van der Waals surface area contributed by atoms with Crippen molar-refractivity contribution in [1.29, 1.82) is 0 Å². The van der Waals surface area contributed by atoms with E-state index in [0.29, 0.717) is 5.75 Å². The lowest BCUT2D eigenvalue weighted by molar-refractivity contribution is -0.137. The number of hydrogen-bond donors (Lipinski definition) is 1. The van der Waals surface area contributed by atoms with Gasteiger partial charge in [0, 0.05) is 15.9 Å². The molecule has 0 spiro atoms. The van der Waals surface area contributed by atoms with Gasteiger partial charge >= 0.3 is 5.97 Å². The molecule has 0 fully saturated rings. The van der Waals surface area contributed by atoms with Crippen LogP contribution in [0.4, 0.5) is 0 Å². The summed E-state index contributed by atoms with van der Waals surface area (Å²) in [6, 6.07) is 6.10. The molecule has 0 saturated heterocycles. The molecular weight excluding hydrogens is 314 g/mol. The minimum Gasteiger partial charge on any atom is -0.468 e. The van der Waals surface area contributed by atoms with Crippen molar-refractivity contribution < 1.29 is 9.53 Å². The molecule has 0 radical (unpaired) electrons. The molecule has 0 unspecified atom stereocenters. The summed E-state index contributed by atoms with van der Waals surface area (Å²) in [6.45, 7) is 3.95. The summed E-state index contributed by atoms with van der Waals surface area (Å²) in [4.78, 5) is 12.3. The third kappa shape index (κ3) is 5.42. The largest absolute Gasteiger partial charge is 0.468 e. The van der Waals surface area contributed by atoms with E-state index >= 15 is 0 Å². The third-order valence-corrected chi connectivity index (χ3v) is 3.92. The molecule has 3 nitrogen and oxygen atoms in total. The quantitative estimate of drug-likeness (QED) is 0.473. The molecule has 1 aromatic rings. The number of ether oxygens (including phenoxy) is 1. The number of hydrogen-bond acceptors (Lipinski definition) is 4. The standard InChI is InChI=1S/C13H18BrNO2S/c1-3-6-15-8-10-7-11(14)4-5-12(10)18-9-13(16)17-2/h4-5,7,15H,3,6,8-9H2,1-2H3. The van der Waals surface area contributed by atoms with Gasteiger partial charge in [-0.1, -0.05) is 22.9 Å². The minimum absolute atomic E-state index is 0.199. The van der Waals surface area contributed by atoms with E-state index in [1.54, 1.807) is 0 Å². The molecule has 0 aliphatic heterocycles. The highest BCUT2D eigenvalue weighted by molar-refractivity contribution is 9.10. The lowest BCUT2D eigenvalue weighted by atomic mass is 10.2. The lowest BCUT2D eigenvalue weighted by Gasteiger charge is -2.10. The summed E-state index contributed by atoms with van der Waals surface area (Å²) in [6.07, 6.45) is 1.11. The number of benzene rings is 1. The number of thioether (sulfide) groups is 1. The van der Waals surface area contributed by atoms with E-state index in [1.807, 2.05) is 12.1 Å². The first kappa shape index (κ1) is 15.5. The maximum absolute atomic E-state index is 11.2. The van der Waals surface area contributed by atoms with Gasteiger partial charge in [0.15, 0.2) is 0 Å². The van der Waals surface area contributed by atoms with Crippen molar-refractivity contribution >= 4 is 33.7 Å². The fourth-order valence-electron chi connectivity index (χ4n) is 1.42. The Kier molecular flexibility index (Phi) is 7.39. The molecule has 5 heteroatoms. The Balaban J connectivity index is 2.66. The van der Waals surface area contributed by atoms with E-state index in [4.69, 9.17) is 0 Å². The third-order valence-electron chi connectivity index (χ3n) is 2.34. The molecule has 1 rings (SSSR count). The van der Waals surface area contributed by atoms with Crippen LogP contribution in [0.2, 0.25) is 0 Å². The Labute approximate surface area is 121 Å². The van der Waals surface area contributed by atoms with Crippen LogP contribution in [0, 0.1) is 0 Å². The van der Waals surface area contributed by atoms with Crippen molar-refractivity contribution in [2.75, 3.05) is 19.4 Å². The number of nitrogens with one attached hydrogen (secondary N) is 1. The van der Waals surface area contributed by atoms with Crippen molar-refractivity contribution in [3.8, 4) is 0 Å². The minimum atomic E-state index is -0.199. The van der Waals surface area contributed by atoms with Crippen molar-refractivity contribution in [2.45, 2.75) is 24.8 Å². The van der Waals surface area contributed by atoms with Gasteiger partial charge < -0.3 is 10.1 Å². The monoisotopic (exact) mass is 331 g/mol. The maximum atomic E-state index is 11.2. The summed E-state index contributed by atoms with van der Waals surface area (Å²) in [5, 5.41) is 3.37. The van der Waals surface area contributed by atoms with Crippen LogP contribution in [-0.2, 0) is 16.1 Å². The van der Waals surface area contributed by atoms with E-state index in [9.17, 15) is 4.79 Å². The van der Waals surface area contributed by atoms with Gasteiger partial charge in [0.05, 0.1) is 12.9 Å². The fraction of sp³-hybridized carbons (Fsp3) is 0.462. The molecule has 0 heterocycles. The first-order chi connectivity index (χ1) is 8.67. The number of esters is 1. The number of methoxy groups -OCH3 is 1. The number of carbonyl (C=O) groups is 1. The van der Waals surface area contributed by atoms with Crippen LogP contribution in [0.5, 0.6) is 0 Å². The first-order valence-corrected chi connectivity index (χ1v) is 7.64. The van der Waals surface area contributed by atoms with Crippen LogP contribution < -0.4 is 5.32 Å². The Morgan fingerprint density at radius 1 is 1.50 bits per heavy atom.